The molecular weight excluding hydrogens is 266 g/mol. The van der Waals surface area contributed by atoms with E-state index in [0.29, 0.717) is 5.56 Å². The number of sulfonamides is 1. The van der Waals surface area contributed by atoms with Gasteiger partial charge in [0.1, 0.15) is 0 Å². The van der Waals surface area contributed by atoms with Crippen molar-refractivity contribution in [2.75, 3.05) is 0 Å². The summed E-state index contributed by atoms with van der Waals surface area (Å²) in [5.41, 5.74) is 0.454. The highest BCUT2D eigenvalue weighted by Crippen LogP contribution is 2.22. The molecular formula is C10H10F2N2O3S. The quantitative estimate of drug-likeness (QED) is 0.811. The van der Waals surface area contributed by atoms with Gasteiger partial charge < -0.3 is 5.32 Å². The summed E-state index contributed by atoms with van der Waals surface area (Å²) in [5.74, 6) is -0.716. The molecule has 1 amide bonds. The van der Waals surface area contributed by atoms with Gasteiger partial charge in [-0.2, -0.15) is 0 Å². The molecule has 1 unspecified atom stereocenters. The van der Waals surface area contributed by atoms with Gasteiger partial charge >= 0.3 is 0 Å². The first-order chi connectivity index (χ1) is 8.29. The maximum absolute atomic E-state index is 12.5. The molecule has 2 rings (SSSR count). The van der Waals surface area contributed by atoms with E-state index in [1.54, 1.807) is 0 Å². The average molecular weight is 276 g/mol. The fourth-order valence-electron chi connectivity index (χ4n) is 1.81. The third-order valence-electron chi connectivity index (χ3n) is 2.71. The number of fused-ring (bicyclic) bond motifs is 1. The highest BCUT2D eigenvalue weighted by molar-refractivity contribution is 7.89. The molecule has 0 spiro atoms. The summed E-state index contributed by atoms with van der Waals surface area (Å²) < 4.78 is 47.3. The molecule has 0 fully saturated rings. The molecule has 0 bridgehead atoms. The lowest BCUT2D eigenvalue weighted by Crippen LogP contribution is -2.45. The molecule has 1 aromatic rings. The molecule has 1 heterocycles. The molecule has 0 saturated carbocycles. The van der Waals surface area contributed by atoms with Crippen molar-refractivity contribution in [3.63, 3.8) is 0 Å². The van der Waals surface area contributed by atoms with Crippen LogP contribution in [-0.4, -0.2) is 26.8 Å². The van der Waals surface area contributed by atoms with Crippen LogP contribution < -0.4 is 10.5 Å². The van der Waals surface area contributed by atoms with Crippen LogP contribution >= 0.6 is 0 Å². The van der Waals surface area contributed by atoms with E-state index in [1.807, 2.05) is 0 Å². The van der Waals surface area contributed by atoms with Gasteiger partial charge in [-0.25, -0.2) is 22.3 Å². The summed E-state index contributed by atoms with van der Waals surface area (Å²) in [4.78, 5) is 11.4. The van der Waals surface area contributed by atoms with Gasteiger partial charge in [-0.3, -0.25) is 4.79 Å². The lowest BCUT2D eigenvalue weighted by Gasteiger charge is -2.25. The van der Waals surface area contributed by atoms with E-state index in [0.717, 1.165) is 6.07 Å². The summed E-state index contributed by atoms with van der Waals surface area (Å²) in [6.07, 6.45) is -2.70. The summed E-state index contributed by atoms with van der Waals surface area (Å²) in [7, 11) is -3.92. The molecule has 1 aliphatic rings. The minimum absolute atomic E-state index is 0.0381. The van der Waals surface area contributed by atoms with Crippen LogP contribution in [0, 0.1) is 0 Å². The van der Waals surface area contributed by atoms with E-state index in [9.17, 15) is 22.0 Å². The topological polar surface area (TPSA) is 89.3 Å². The number of halogens is 2. The van der Waals surface area contributed by atoms with Crippen molar-refractivity contribution in [1.82, 2.24) is 5.32 Å². The molecule has 0 aliphatic carbocycles. The first kappa shape index (κ1) is 12.9. The number of primary sulfonamides is 1. The third-order valence-corrected chi connectivity index (χ3v) is 3.63. The smallest absolute Gasteiger partial charge is 0.258 e. The van der Waals surface area contributed by atoms with Gasteiger partial charge in [0.05, 0.1) is 10.9 Å². The number of nitrogens with two attached hydrogens (primary N) is 1. The van der Waals surface area contributed by atoms with Crippen molar-refractivity contribution in [2.45, 2.75) is 23.8 Å². The Hall–Kier alpha value is -1.54. The Morgan fingerprint density at radius 1 is 1.39 bits per heavy atom. The zero-order valence-electron chi connectivity index (χ0n) is 9.06. The molecule has 98 valence electrons. The molecule has 0 saturated heterocycles. The number of carbonyl (C=O) groups is 1. The van der Waals surface area contributed by atoms with E-state index in [1.165, 1.54) is 12.1 Å². The van der Waals surface area contributed by atoms with Crippen molar-refractivity contribution < 1.29 is 22.0 Å². The molecule has 0 aromatic heterocycles. The Labute approximate surface area is 102 Å². The maximum atomic E-state index is 12.5. The van der Waals surface area contributed by atoms with E-state index in [2.05, 4.69) is 5.32 Å². The zero-order valence-corrected chi connectivity index (χ0v) is 9.88. The van der Waals surface area contributed by atoms with Crippen molar-refractivity contribution >= 4 is 15.9 Å². The summed E-state index contributed by atoms with van der Waals surface area (Å²) >= 11 is 0. The van der Waals surface area contributed by atoms with Crippen LogP contribution in [0.1, 0.15) is 15.9 Å². The summed E-state index contributed by atoms with van der Waals surface area (Å²) in [6.45, 7) is 0. The number of carbonyl (C=O) groups excluding carboxylic acids is 1. The zero-order chi connectivity index (χ0) is 13.5. The van der Waals surface area contributed by atoms with Crippen LogP contribution in [0.15, 0.2) is 23.1 Å². The summed E-state index contributed by atoms with van der Waals surface area (Å²) in [6, 6.07) is 2.39. The Morgan fingerprint density at radius 2 is 2.06 bits per heavy atom. The molecule has 0 radical (unpaired) electrons. The van der Waals surface area contributed by atoms with Gasteiger partial charge in [-0.1, -0.05) is 6.07 Å². The largest absolute Gasteiger partial charge is 0.343 e. The average Bonchev–Trinajstić information content (AvgIpc) is 2.27. The summed E-state index contributed by atoms with van der Waals surface area (Å²) in [5, 5.41) is 7.06. The Bertz CT molecular complexity index is 601. The lowest BCUT2D eigenvalue weighted by molar-refractivity contribution is 0.0715. The fraction of sp³-hybridized carbons (Fsp3) is 0.300. The van der Waals surface area contributed by atoms with E-state index in [-0.39, 0.29) is 16.9 Å². The molecule has 18 heavy (non-hydrogen) atoms. The van der Waals surface area contributed by atoms with Gasteiger partial charge in [0.2, 0.25) is 10.0 Å². The Balaban J connectivity index is 2.45. The number of nitrogens with one attached hydrogen (secondary N) is 1. The predicted molar refractivity (Wildman–Crippen MR) is 58.8 cm³/mol. The number of benzene rings is 1. The van der Waals surface area contributed by atoms with Crippen LogP contribution in [0.25, 0.3) is 0 Å². The van der Waals surface area contributed by atoms with Crippen LogP contribution in [0.3, 0.4) is 0 Å². The van der Waals surface area contributed by atoms with Crippen LogP contribution in [0.5, 0.6) is 0 Å². The van der Waals surface area contributed by atoms with Crippen molar-refractivity contribution in [1.29, 1.82) is 0 Å². The normalized spacial score (nSPS) is 19.6. The molecule has 1 aliphatic heterocycles. The third kappa shape index (κ3) is 2.34. The minimum atomic E-state index is -3.92. The van der Waals surface area contributed by atoms with Crippen LogP contribution in [-0.2, 0) is 16.4 Å². The molecule has 5 nitrogen and oxygen atoms in total. The fourth-order valence-corrected chi connectivity index (χ4v) is 2.35. The Morgan fingerprint density at radius 3 is 2.61 bits per heavy atom. The van der Waals surface area contributed by atoms with Crippen molar-refractivity contribution in [3.8, 4) is 0 Å². The van der Waals surface area contributed by atoms with E-state index < -0.39 is 28.4 Å². The Kier molecular flexibility index (Phi) is 3.07. The van der Waals surface area contributed by atoms with Gasteiger partial charge in [0, 0.05) is 5.56 Å². The van der Waals surface area contributed by atoms with E-state index in [4.69, 9.17) is 5.14 Å². The van der Waals surface area contributed by atoms with Crippen molar-refractivity contribution in [2.24, 2.45) is 5.14 Å². The number of rotatable bonds is 2. The number of hydrogen-bond acceptors (Lipinski definition) is 3. The standard InChI is InChI=1S/C10H10F2N2O3S/c11-9(12)8-3-5-1-2-6(18(13,16)17)4-7(5)10(15)14-8/h1-2,4,8-9H,3H2,(H,14,15)(H2,13,16,17). The second kappa shape index (κ2) is 4.29. The second-order valence-corrected chi connectivity index (χ2v) is 5.54. The molecule has 3 N–H and O–H groups in total. The van der Waals surface area contributed by atoms with Crippen LogP contribution in [0.4, 0.5) is 8.78 Å². The van der Waals surface area contributed by atoms with Gasteiger partial charge in [-0.05, 0) is 24.1 Å². The first-order valence-electron chi connectivity index (χ1n) is 5.04. The van der Waals surface area contributed by atoms with Crippen molar-refractivity contribution in [3.05, 3.63) is 29.3 Å². The van der Waals surface area contributed by atoms with Crippen LogP contribution in [0.2, 0.25) is 0 Å². The molecule has 1 aromatic carbocycles. The molecule has 8 heteroatoms. The highest BCUT2D eigenvalue weighted by atomic mass is 32.2. The second-order valence-electron chi connectivity index (χ2n) is 3.98. The number of alkyl halides is 2. The van der Waals surface area contributed by atoms with Gasteiger partial charge in [0.15, 0.2) is 0 Å². The van der Waals surface area contributed by atoms with E-state index >= 15 is 0 Å². The maximum Gasteiger partial charge on any atom is 0.258 e. The monoisotopic (exact) mass is 276 g/mol. The lowest BCUT2D eigenvalue weighted by atomic mass is 9.95. The predicted octanol–water partition coefficient (Wildman–Crippen LogP) is 0.254. The van der Waals surface area contributed by atoms with Gasteiger partial charge in [0.25, 0.3) is 12.3 Å². The molecule has 1 atom stereocenters. The minimum Gasteiger partial charge on any atom is -0.343 e. The first-order valence-corrected chi connectivity index (χ1v) is 6.58. The number of amides is 1. The van der Waals surface area contributed by atoms with Gasteiger partial charge in [-0.15, -0.1) is 0 Å². The SMILES string of the molecule is NS(=O)(=O)c1ccc2c(c1)C(=O)NC(C(F)F)C2. The number of hydrogen-bond donors (Lipinski definition) is 2. The highest BCUT2D eigenvalue weighted by Gasteiger charge is 2.30.